The Labute approximate surface area is 114 Å². The molecule has 0 aliphatic heterocycles. The van der Waals surface area contributed by atoms with E-state index in [0.29, 0.717) is 17.5 Å². The lowest BCUT2D eigenvalue weighted by Gasteiger charge is -2.15. The molecule has 2 aromatic heterocycles. The maximum Gasteiger partial charge on any atom is 0.346 e. The maximum atomic E-state index is 11.0. The third kappa shape index (κ3) is 2.98. The molecule has 0 fully saturated rings. The molecule has 0 amide bonds. The predicted octanol–water partition coefficient (Wildman–Crippen LogP) is 3.75. The predicted molar refractivity (Wildman–Crippen MR) is 75.5 cm³/mol. The van der Waals surface area contributed by atoms with Crippen LogP contribution < -0.4 is 5.32 Å². The highest BCUT2D eigenvalue weighted by molar-refractivity contribution is 7.12. The van der Waals surface area contributed by atoms with Crippen molar-refractivity contribution in [3.8, 4) is 0 Å². The zero-order valence-electron chi connectivity index (χ0n) is 10.1. The SMILES string of the molecule is CCC(NCc1ccsc1C(=O)O)c1cccs1. The minimum atomic E-state index is -0.842. The first-order chi connectivity index (χ1) is 8.72. The number of hydrogen-bond acceptors (Lipinski definition) is 4. The van der Waals surface area contributed by atoms with Crippen molar-refractivity contribution in [3.63, 3.8) is 0 Å². The summed E-state index contributed by atoms with van der Waals surface area (Å²) < 4.78 is 0. The van der Waals surface area contributed by atoms with Crippen molar-refractivity contribution in [2.75, 3.05) is 0 Å². The topological polar surface area (TPSA) is 49.3 Å². The molecular weight excluding hydrogens is 266 g/mol. The Morgan fingerprint density at radius 2 is 2.22 bits per heavy atom. The fourth-order valence-corrected chi connectivity index (χ4v) is 3.48. The van der Waals surface area contributed by atoms with Gasteiger partial charge in [0.15, 0.2) is 0 Å². The molecule has 3 nitrogen and oxygen atoms in total. The Kier molecular flexibility index (Phi) is 4.52. The summed E-state index contributed by atoms with van der Waals surface area (Å²) in [6.45, 7) is 2.73. The van der Waals surface area contributed by atoms with Gasteiger partial charge >= 0.3 is 5.97 Å². The van der Waals surface area contributed by atoms with Crippen LogP contribution in [0.1, 0.15) is 39.5 Å². The van der Waals surface area contributed by atoms with E-state index in [2.05, 4.69) is 23.7 Å². The average molecular weight is 281 g/mol. The molecule has 5 heteroatoms. The van der Waals surface area contributed by atoms with Gasteiger partial charge in [-0.2, -0.15) is 0 Å². The van der Waals surface area contributed by atoms with Crippen molar-refractivity contribution in [3.05, 3.63) is 44.3 Å². The fourth-order valence-electron chi connectivity index (χ4n) is 1.83. The van der Waals surface area contributed by atoms with Gasteiger partial charge < -0.3 is 10.4 Å². The van der Waals surface area contributed by atoms with Crippen LogP contribution in [-0.4, -0.2) is 11.1 Å². The van der Waals surface area contributed by atoms with Crippen LogP contribution in [-0.2, 0) is 6.54 Å². The first-order valence-electron chi connectivity index (χ1n) is 5.78. The Morgan fingerprint density at radius 1 is 1.39 bits per heavy atom. The molecule has 0 radical (unpaired) electrons. The highest BCUT2D eigenvalue weighted by Crippen LogP contribution is 2.23. The van der Waals surface area contributed by atoms with Gasteiger partial charge in [-0.15, -0.1) is 22.7 Å². The van der Waals surface area contributed by atoms with E-state index in [1.54, 1.807) is 11.3 Å². The van der Waals surface area contributed by atoms with Crippen LogP contribution in [0.4, 0.5) is 0 Å². The summed E-state index contributed by atoms with van der Waals surface area (Å²) in [5, 5.41) is 16.4. The molecule has 0 bridgehead atoms. The summed E-state index contributed by atoms with van der Waals surface area (Å²) in [6, 6.07) is 6.32. The van der Waals surface area contributed by atoms with Crippen molar-refractivity contribution < 1.29 is 9.90 Å². The van der Waals surface area contributed by atoms with Crippen LogP contribution in [0.2, 0.25) is 0 Å². The number of rotatable bonds is 6. The lowest BCUT2D eigenvalue weighted by Crippen LogP contribution is -2.20. The minimum Gasteiger partial charge on any atom is -0.477 e. The van der Waals surface area contributed by atoms with Crippen molar-refractivity contribution in [2.24, 2.45) is 0 Å². The number of carbonyl (C=O) groups is 1. The van der Waals surface area contributed by atoms with Crippen LogP contribution >= 0.6 is 22.7 Å². The van der Waals surface area contributed by atoms with E-state index in [-0.39, 0.29) is 0 Å². The summed E-state index contributed by atoms with van der Waals surface area (Å²) in [6.07, 6.45) is 0.993. The van der Waals surface area contributed by atoms with Crippen molar-refractivity contribution in [1.29, 1.82) is 0 Å². The molecule has 1 atom stereocenters. The van der Waals surface area contributed by atoms with Gasteiger partial charge in [-0.25, -0.2) is 4.79 Å². The zero-order valence-corrected chi connectivity index (χ0v) is 11.7. The van der Waals surface area contributed by atoms with E-state index in [1.165, 1.54) is 16.2 Å². The van der Waals surface area contributed by atoms with E-state index >= 15 is 0 Å². The van der Waals surface area contributed by atoms with E-state index in [4.69, 9.17) is 5.11 Å². The van der Waals surface area contributed by atoms with Crippen molar-refractivity contribution in [2.45, 2.75) is 25.9 Å². The normalized spacial score (nSPS) is 12.5. The monoisotopic (exact) mass is 281 g/mol. The van der Waals surface area contributed by atoms with Gasteiger partial charge in [-0.05, 0) is 34.9 Å². The Bertz CT molecular complexity index is 505. The molecule has 0 aliphatic carbocycles. The fraction of sp³-hybridized carbons (Fsp3) is 0.308. The molecule has 2 heterocycles. The van der Waals surface area contributed by atoms with Crippen LogP contribution in [0, 0.1) is 0 Å². The molecule has 0 saturated heterocycles. The second kappa shape index (κ2) is 6.13. The van der Waals surface area contributed by atoms with Crippen molar-refractivity contribution >= 4 is 28.6 Å². The number of thiophene rings is 2. The molecule has 0 saturated carbocycles. The lowest BCUT2D eigenvalue weighted by molar-refractivity contribution is 0.0701. The van der Waals surface area contributed by atoms with Crippen LogP contribution in [0.15, 0.2) is 29.0 Å². The highest BCUT2D eigenvalue weighted by atomic mass is 32.1. The molecule has 0 spiro atoms. The van der Waals surface area contributed by atoms with Gasteiger partial charge in [-0.3, -0.25) is 0 Å². The molecule has 2 aromatic rings. The second-order valence-electron chi connectivity index (χ2n) is 3.94. The molecule has 0 aromatic carbocycles. The quantitative estimate of drug-likeness (QED) is 0.848. The number of carboxylic acids is 1. The molecule has 96 valence electrons. The third-order valence-corrected chi connectivity index (χ3v) is 4.71. The second-order valence-corrected chi connectivity index (χ2v) is 5.83. The smallest absolute Gasteiger partial charge is 0.346 e. The Hall–Kier alpha value is -1.17. The largest absolute Gasteiger partial charge is 0.477 e. The number of carboxylic acid groups (broad SMARTS) is 1. The Morgan fingerprint density at radius 3 is 2.83 bits per heavy atom. The first kappa shape index (κ1) is 13.3. The molecule has 0 aliphatic rings. The molecular formula is C13H15NO2S2. The minimum absolute atomic E-state index is 0.298. The van der Waals surface area contributed by atoms with Gasteiger partial charge in [0, 0.05) is 17.5 Å². The highest BCUT2D eigenvalue weighted by Gasteiger charge is 2.14. The summed E-state index contributed by atoms with van der Waals surface area (Å²) in [4.78, 5) is 12.7. The van der Waals surface area contributed by atoms with Crippen LogP contribution in [0.3, 0.4) is 0 Å². The summed E-state index contributed by atoms with van der Waals surface area (Å²) in [7, 11) is 0. The standard InChI is InChI=1S/C13H15NO2S2/c1-2-10(11-4-3-6-17-11)14-8-9-5-7-18-12(9)13(15)16/h3-7,10,14H,2,8H2,1H3,(H,15,16). The number of hydrogen-bond donors (Lipinski definition) is 2. The van der Waals surface area contributed by atoms with Gasteiger partial charge in [-0.1, -0.05) is 13.0 Å². The molecule has 1 unspecified atom stereocenters. The average Bonchev–Trinajstić information content (AvgIpc) is 2.99. The van der Waals surface area contributed by atoms with Gasteiger partial charge in [0.25, 0.3) is 0 Å². The molecule has 2 rings (SSSR count). The van der Waals surface area contributed by atoms with Crippen LogP contribution in [0.5, 0.6) is 0 Å². The maximum absolute atomic E-state index is 11.0. The summed E-state index contributed by atoms with van der Waals surface area (Å²) >= 11 is 3.00. The van der Waals surface area contributed by atoms with Gasteiger partial charge in [0.1, 0.15) is 4.88 Å². The lowest BCUT2D eigenvalue weighted by atomic mass is 10.1. The van der Waals surface area contributed by atoms with Gasteiger partial charge in [0.05, 0.1) is 0 Å². The summed E-state index contributed by atoms with van der Waals surface area (Å²) in [5.74, 6) is -0.842. The molecule has 2 N–H and O–H groups in total. The van der Waals surface area contributed by atoms with Gasteiger partial charge in [0.2, 0.25) is 0 Å². The first-order valence-corrected chi connectivity index (χ1v) is 7.54. The number of aromatic carboxylic acids is 1. The van der Waals surface area contributed by atoms with E-state index in [0.717, 1.165) is 12.0 Å². The van der Waals surface area contributed by atoms with E-state index in [1.807, 2.05) is 17.5 Å². The van der Waals surface area contributed by atoms with E-state index in [9.17, 15) is 4.79 Å². The number of nitrogens with one attached hydrogen (secondary N) is 1. The van der Waals surface area contributed by atoms with E-state index < -0.39 is 5.97 Å². The van der Waals surface area contributed by atoms with Crippen molar-refractivity contribution in [1.82, 2.24) is 5.32 Å². The third-order valence-electron chi connectivity index (χ3n) is 2.77. The molecule has 18 heavy (non-hydrogen) atoms. The zero-order chi connectivity index (χ0) is 13.0. The van der Waals surface area contributed by atoms with Crippen LogP contribution in [0.25, 0.3) is 0 Å². The Balaban J connectivity index is 2.02. The summed E-state index contributed by atoms with van der Waals surface area (Å²) in [5.41, 5.74) is 0.863.